The highest BCUT2D eigenvalue weighted by Crippen LogP contribution is 2.33. The van der Waals surface area contributed by atoms with Crippen LogP contribution in [0.25, 0.3) is 15.5 Å². The van der Waals surface area contributed by atoms with Crippen LogP contribution in [-0.4, -0.2) is 32.0 Å². The molecule has 2 heterocycles. The zero-order chi connectivity index (χ0) is 13.4. The fourth-order valence-corrected chi connectivity index (χ4v) is 2.81. The van der Waals surface area contributed by atoms with Crippen molar-refractivity contribution in [1.29, 1.82) is 0 Å². The third-order valence-corrected chi connectivity index (χ3v) is 3.77. The monoisotopic (exact) mass is 296 g/mol. The molecule has 0 aliphatic heterocycles. The van der Waals surface area contributed by atoms with E-state index in [9.17, 15) is 5.11 Å². The molecular formula is C11H9ClN4O2S. The number of nitrogens with zero attached hydrogens (tertiary/aromatic N) is 4. The van der Waals surface area contributed by atoms with Crippen LogP contribution >= 0.6 is 22.9 Å². The van der Waals surface area contributed by atoms with E-state index in [-0.39, 0.29) is 5.75 Å². The fourth-order valence-electron chi connectivity index (χ4n) is 1.66. The van der Waals surface area contributed by atoms with E-state index in [0.29, 0.717) is 33.0 Å². The summed E-state index contributed by atoms with van der Waals surface area (Å²) < 4.78 is 6.64. The number of rotatable bonds is 3. The fraction of sp³-hybridized carbons (Fsp3) is 0.182. The Balaban J connectivity index is 2.12. The topological polar surface area (TPSA) is 72.5 Å². The Morgan fingerprint density at radius 2 is 2.26 bits per heavy atom. The van der Waals surface area contributed by atoms with Crippen molar-refractivity contribution in [1.82, 2.24) is 19.8 Å². The van der Waals surface area contributed by atoms with Crippen LogP contribution in [0.15, 0.2) is 18.2 Å². The predicted octanol–water partition coefficient (Wildman–Crippen LogP) is 2.36. The van der Waals surface area contributed by atoms with Crippen LogP contribution in [0.2, 0.25) is 5.02 Å². The largest absolute Gasteiger partial charge is 0.508 e. The second-order valence-corrected chi connectivity index (χ2v) is 5.18. The summed E-state index contributed by atoms with van der Waals surface area (Å²) in [5, 5.41) is 23.1. The smallest absolute Gasteiger partial charge is 0.235 e. The maximum absolute atomic E-state index is 9.53. The quantitative estimate of drug-likeness (QED) is 0.803. The Hall–Kier alpha value is -1.70. The second kappa shape index (κ2) is 4.76. The van der Waals surface area contributed by atoms with Gasteiger partial charge in [-0.15, -0.1) is 10.2 Å². The van der Waals surface area contributed by atoms with Gasteiger partial charge in [-0.1, -0.05) is 22.9 Å². The lowest BCUT2D eigenvalue weighted by Crippen LogP contribution is -1.97. The third-order valence-electron chi connectivity index (χ3n) is 2.51. The Labute approximate surface area is 117 Å². The number of phenols is 1. The van der Waals surface area contributed by atoms with Crippen LogP contribution in [0, 0.1) is 0 Å². The van der Waals surface area contributed by atoms with E-state index in [2.05, 4.69) is 15.3 Å². The molecule has 1 aromatic carbocycles. The van der Waals surface area contributed by atoms with E-state index in [4.69, 9.17) is 16.3 Å². The van der Waals surface area contributed by atoms with Crippen LogP contribution in [0.1, 0.15) is 5.82 Å². The minimum absolute atomic E-state index is 0.141. The van der Waals surface area contributed by atoms with E-state index >= 15 is 0 Å². The molecule has 0 unspecified atom stereocenters. The SMILES string of the molecule is COCc1nnc2sc(-c3cc(O)ccc3Cl)nn12. The number of halogens is 1. The van der Waals surface area contributed by atoms with Crippen LogP contribution < -0.4 is 0 Å². The van der Waals surface area contributed by atoms with Gasteiger partial charge in [0.1, 0.15) is 17.4 Å². The van der Waals surface area contributed by atoms with Crippen molar-refractivity contribution >= 4 is 27.9 Å². The minimum atomic E-state index is 0.141. The van der Waals surface area contributed by atoms with Gasteiger partial charge in [0.25, 0.3) is 0 Å². The first kappa shape index (κ1) is 12.3. The van der Waals surface area contributed by atoms with Crippen molar-refractivity contribution in [3.05, 3.63) is 29.0 Å². The summed E-state index contributed by atoms with van der Waals surface area (Å²) in [5.41, 5.74) is 0.667. The van der Waals surface area contributed by atoms with Gasteiger partial charge < -0.3 is 9.84 Å². The number of aromatic hydroxyl groups is 1. The molecular weight excluding hydrogens is 288 g/mol. The van der Waals surface area contributed by atoms with E-state index in [1.54, 1.807) is 23.8 Å². The molecule has 3 aromatic rings. The van der Waals surface area contributed by atoms with Crippen molar-refractivity contribution in [2.24, 2.45) is 0 Å². The highest BCUT2D eigenvalue weighted by molar-refractivity contribution is 7.19. The molecule has 19 heavy (non-hydrogen) atoms. The van der Waals surface area contributed by atoms with Gasteiger partial charge in [0, 0.05) is 12.7 Å². The summed E-state index contributed by atoms with van der Waals surface area (Å²) in [7, 11) is 1.58. The molecule has 8 heteroatoms. The van der Waals surface area contributed by atoms with Gasteiger partial charge in [-0.05, 0) is 18.2 Å². The van der Waals surface area contributed by atoms with Crippen LogP contribution in [0.5, 0.6) is 5.75 Å². The molecule has 0 aliphatic rings. The molecule has 0 aliphatic carbocycles. The van der Waals surface area contributed by atoms with E-state index in [0.717, 1.165) is 0 Å². The molecule has 0 saturated carbocycles. The molecule has 98 valence electrons. The first-order chi connectivity index (χ1) is 9.19. The van der Waals surface area contributed by atoms with Gasteiger partial charge in [-0.2, -0.15) is 9.61 Å². The number of hydrogen-bond acceptors (Lipinski definition) is 6. The van der Waals surface area contributed by atoms with Gasteiger partial charge in [-0.25, -0.2) is 0 Å². The molecule has 3 rings (SSSR count). The number of fused-ring (bicyclic) bond motifs is 1. The Morgan fingerprint density at radius 3 is 3.05 bits per heavy atom. The maximum Gasteiger partial charge on any atom is 0.235 e. The average molecular weight is 297 g/mol. The highest BCUT2D eigenvalue weighted by Gasteiger charge is 2.15. The van der Waals surface area contributed by atoms with E-state index in [1.165, 1.54) is 17.4 Å². The summed E-state index contributed by atoms with van der Waals surface area (Å²) in [6.45, 7) is 0.331. The second-order valence-electron chi connectivity index (χ2n) is 3.81. The standard InChI is InChI=1S/C11H9ClN4O2S/c1-18-5-9-13-14-11-16(9)15-10(19-11)7-4-6(17)2-3-8(7)12/h2-4,17H,5H2,1H3. The Kier molecular flexibility index (Phi) is 3.09. The van der Waals surface area contributed by atoms with Crippen molar-refractivity contribution < 1.29 is 9.84 Å². The molecule has 0 saturated heterocycles. The zero-order valence-corrected chi connectivity index (χ0v) is 11.4. The minimum Gasteiger partial charge on any atom is -0.508 e. The van der Waals surface area contributed by atoms with Crippen LogP contribution in [0.3, 0.4) is 0 Å². The Bertz CT molecular complexity index is 739. The average Bonchev–Trinajstić information content (AvgIpc) is 2.95. The molecule has 6 nitrogen and oxygen atoms in total. The van der Waals surface area contributed by atoms with Crippen molar-refractivity contribution in [2.45, 2.75) is 6.61 Å². The van der Waals surface area contributed by atoms with Gasteiger partial charge in [0.05, 0.1) is 5.02 Å². The first-order valence-corrected chi connectivity index (χ1v) is 6.57. The third kappa shape index (κ3) is 2.16. The number of methoxy groups -OCH3 is 1. The van der Waals surface area contributed by atoms with Gasteiger partial charge in [0.2, 0.25) is 4.96 Å². The lowest BCUT2D eigenvalue weighted by atomic mass is 10.2. The normalized spacial score (nSPS) is 11.3. The summed E-state index contributed by atoms with van der Waals surface area (Å²) in [4.78, 5) is 0.654. The zero-order valence-electron chi connectivity index (χ0n) is 9.87. The Morgan fingerprint density at radius 1 is 1.42 bits per heavy atom. The van der Waals surface area contributed by atoms with Gasteiger partial charge >= 0.3 is 0 Å². The highest BCUT2D eigenvalue weighted by atomic mass is 35.5. The van der Waals surface area contributed by atoms with Crippen LogP contribution in [0.4, 0.5) is 0 Å². The van der Waals surface area contributed by atoms with Crippen molar-refractivity contribution in [3.8, 4) is 16.3 Å². The maximum atomic E-state index is 9.53. The lowest BCUT2D eigenvalue weighted by Gasteiger charge is -2.00. The summed E-state index contributed by atoms with van der Waals surface area (Å²) in [6.07, 6.45) is 0. The van der Waals surface area contributed by atoms with Crippen LogP contribution in [-0.2, 0) is 11.3 Å². The van der Waals surface area contributed by atoms with Crippen molar-refractivity contribution in [3.63, 3.8) is 0 Å². The number of ether oxygens (including phenoxy) is 1. The number of hydrogen-bond donors (Lipinski definition) is 1. The van der Waals surface area contributed by atoms with Gasteiger partial charge in [0.15, 0.2) is 5.82 Å². The molecule has 0 bridgehead atoms. The number of phenolic OH excluding ortho intramolecular Hbond substituents is 1. The van der Waals surface area contributed by atoms with Gasteiger partial charge in [-0.3, -0.25) is 0 Å². The molecule has 0 fully saturated rings. The lowest BCUT2D eigenvalue weighted by molar-refractivity contribution is 0.176. The number of benzene rings is 1. The molecule has 0 spiro atoms. The summed E-state index contributed by atoms with van der Waals surface area (Å²) >= 11 is 7.46. The molecule has 2 aromatic heterocycles. The molecule has 0 radical (unpaired) electrons. The predicted molar refractivity (Wildman–Crippen MR) is 71.5 cm³/mol. The van der Waals surface area contributed by atoms with E-state index < -0.39 is 0 Å². The molecule has 0 atom stereocenters. The van der Waals surface area contributed by atoms with E-state index in [1.807, 2.05) is 0 Å². The first-order valence-electron chi connectivity index (χ1n) is 5.38. The molecule has 1 N–H and O–H groups in total. The number of aromatic nitrogens is 4. The van der Waals surface area contributed by atoms with Crippen molar-refractivity contribution in [2.75, 3.05) is 7.11 Å². The molecule has 0 amide bonds. The summed E-state index contributed by atoms with van der Waals surface area (Å²) in [6, 6.07) is 4.73. The summed E-state index contributed by atoms with van der Waals surface area (Å²) in [5.74, 6) is 0.763.